The van der Waals surface area contributed by atoms with E-state index >= 15 is 0 Å². The maximum Gasteiger partial charge on any atom is 0.314 e. The van der Waals surface area contributed by atoms with E-state index in [-0.39, 0.29) is 0 Å². The Morgan fingerprint density at radius 3 is 2.90 bits per heavy atom. The lowest BCUT2D eigenvalue weighted by Gasteiger charge is -1.89. The molecule has 0 atom stereocenters. The van der Waals surface area contributed by atoms with Gasteiger partial charge in [0, 0.05) is 6.20 Å². The maximum absolute atomic E-state index is 10.1. The van der Waals surface area contributed by atoms with Gasteiger partial charge in [0.1, 0.15) is 0 Å². The molecule has 1 amide bonds. The summed E-state index contributed by atoms with van der Waals surface area (Å²) in [5, 5.41) is 1.98. The van der Waals surface area contributed by atoms with E-state index in [1.165, 1.54) is 6.42 Å². The summed E-state index contributed by atoms with van der Waals surface area (Å²) in [5.74, 6) is 0. The summed E-state index contributed by atoms with van der Waals surface area (Å²) in [6.45, 7) is 2.12. The summed E-state index contributed by atoms with van der Waals surface area (Å²) in [4.78, 5) is 10.1. The number of nitrogens with one attached hydrogen (secondary N) is 1. The third-order valence-corrected chi connectivity index (χ3v) is 1.16. The van der Waals surface area contributed by atoms with Gasteiger partial charge in [-0.2, -0.15) is 0 Å². The van der Waals surface area contributed by atoms with Crippen LogP contribution in [0.25, 0.3) is 0 Å². The zero-order chi connectivity index (χ0) is 7.82. The van der Waals surface area contributed by atoms with Gasteiger partial charge in [0.2, 0.25) is 0 Å². The molecule has 0 heterocycles. The predicted octanol–water partition coefficient (Wildman–Crippen LogP) is 2.60. The van der Waals surface area contributed by atoms with Crippen molar-refractivity contribution in [1.29, 1.82) is 0 Å². The molecule has 10 heavy (non-hydrogen) atoms. The van der Waals surface area contributed by atoms with Crippen LogP contribution >= 0.6 is 12.6 Å². The molecular weight excluding hydrogens is 146 g/mol. The monoisotopic (exact) mass is 158 g/mol. The van der Waals surface area contributed by atoms with E-state index in [0.29, 0.717) is 0 Å². The Labute approximate surface area is 67.1 Å². The van der Waals surface area contributed by atoms with E-state index in [0.717, 1.165) is 12.8 Å². The van der Waals surface area contributed by atoms with Crippen LogP contribution in [0.2, 0.25) is 0 Å². The van der Waals surface area contributed by atoms with Gasteiger partial charge < -0.3 is 5.32 Å². The molecule has 0 unspecified atom stereocenters. The fourth-order valence-corrected chi connectivity index (χ4v) is 0.600. The third-order valence-electron chi connectivity index (χ3n) is 1.04. The van der Waals surface area contributed by atoms with Crippen LogP contribution in [0.4, 0.5) is 4.79 Å². The zero-order valence-electron chi connectivity index (χ0n) is 6.09. The molecular formula is C7H12NOS. The number of hydrogen-bond donors (Lipinski definition) is 1. The summed E-state index contributed by atoms with van der Waals surface area (Å²) in [7, 11) is 0. The highest BCUT2D eigenvalue weighted by atomic mass is 32.1. The molecule has 0 aliphatic carbocycles. The first kappa shape index (κ1) is 9.43. The summed E-state index contributed by atoms with van der Waals surface area (Å²) in [5.41, 5.74) is 0. The van der Waals surface area contributed by atoms with Gasteiger partial charge in [-0.1, -0.05) is 25.8 Å². The minimum absolute atomic E-state index is 0.423. The molecule has 3 heteroatoms. The summed E-state index contributed by atoms with van der Waals surface area (Å²) < 4.78 is 0. The number of unbranched alkanes of at least 4 members (excludes halogenated alkanes) is 2. The van der Waals surface area contributed by atoms with Crippen molar-refractivity contribution in [3.05, 3.63) is 12.3 Å². The van der Waals surface area contributed by atoms with E-state index in [1.54, 1.807) is 6.20 Å². The fraction of sp³-hybridized carbons (Fsp3) is 0.571. The van der Waals surface area contributed by atoms with Gasteiger partial charge in [-0.05, 0) is 19.0 Å². The van der Waals surface area contributed by atoms with Gasteiger partial charge in [0.25, 0.3) is 0 Å². The molecule has 0 aromatic heterocycles. The first-order valence-corrected chi connectivity index (χ1v) is 3.80. The smallest absolute Gasteiger partial charge is 0.314 e. The van der Waals surface area contributed by atoms with Gasteiger partial charge in [-0.25, -0.2) is 0 Å². The van der Waals surface area contributed by atoms with Gasteiger partial charge >= 0.3 is 5.24 Å². The molecule has 0 aliphatic heterocycles. The Bertz CT molecular complexity index is 123. The SMILES string of the molecule is CCCCC=CNC(=O)[S]. The van der Waals surface area contributed by atoms with Gasteiger partial charge in [-0.15, -0.1) is 0 Å². The second-order valence-corrected chi connectivity index (χ2v) is 2.35. The van der Waals surface area contributed by atoms with Crippen LogP contribution in [-0.4, -0.2) is 5.24 Å². The normalized spacial score (nSPS) is 10.1. The predicted molar refractivity (Wildman–Crippen MR) is 44.8 cm³/mol. The summed E-state index contributed by atoms with van der Waals surface area (Å²) >= 11 is 4.26. The van der Waals surface area contributed by atoms with E-state index in [2.05, 4.69) is 24.9 Å². The average molecular weight is 158 g/mol. The van der Waals surface area contributed by atoms with E-state index in [1.807, 2.05) is 6.08 Å². The molecule has 57 valence electrons. The first-order valence-electron chi connectivity index (χ1n) is 3.40. The molecule has 0 rings (SSSR count). The van der Waals surface area contributed by atoms with Crippen molar-refractivity contribution in [3.8, 4) is 0 Å². The molecule has 0 aromatic rings. The van der Waals surface area contributed by atoms with Crippen molar-refractivity contribution >= 4 is 17.9 Å². The lowest BCUT2D eigenvalue weighted by molar-refractivity contribution is 0.263. The summed E-state index contributed by atoms with van der Waals surface area (Å²) in [6, 6.07) is 0. The first-order chi connectivity index (χ1) is 4.77. The topological polar surface area (TPSA) is 29.1 Å². The molecule has 0 aromatic carbocycles. The van der Waals surface area contributed by atoms with Crippen molar-refractivity contribution in [1.82, 2.24) is 5.32 Å². The molecule has 0 bridgehead atoms. The Kier molecular flexibility index (Phi) is 6.18. The van der Waals surface area contributed by atoms with Crippen LogP contribution in [0.5, 0.6) is 0 Å². The van der Waals surface area contributed by atoms with E-state index in [4.69, 9.17) is 0 Å². The number of hydrogen-bond acceptors (Lipinski definition) is 1. The third kappa shape index (κ3) is 7.43. The van der Waals surface area contributed by atoms with E-state index < -0.39 is 5.24 Å². The van der Waals surface area contributed by atoms with Crippen molar-refractivity contribution in [2.75, 3.05) is 0 Å². The number of carbonyl (C=O) groups is 1. The molecule has 0 saturated carbocycles. The molecule has 2 nitrogen and oxygen atoms in total. The molecule has 0 aliphatic rings. The number of carbonyl (C=O) groups excluding carboxylic acids is 1. The highest BCUT2D eigenvalue weighted by Gasteiger charge is 1.84. The standard InChI is InChI=1S/C7H12NOS/c1-2-3-4-5-6-8-7(9)10/h5-6H,2-4H2,1H3,(H,8,9). The van der Waals surface area contributed by atoms with Gasteiger partial charge in [-0.3, -0.25) is 4.79 Å². The Morgan fingerprint density at radius 1 is 1.70 bits per heavy atom. The van der Waals surface area contributed by atoms with Crippen molar-refractivity contribution in [2.24, 2.45) is 0 Å². The molecule has 1 N–H and O–H groups in total. The minimum Gasteiger partial charge on any atom is -0.320 e. The van der Waals surface area contributed by atoms with E-state index in [9.17, 15) is 4.79 Å². The largest absolute Gasteiger partial charge is 0.320 e. The Hall–Kier alpha value is -0.570. The maximum atomic E-state index is 10.1. The van der Waals surface area contributed by atoms with Crippen molar-refractivity contribution in [2.45, 2.75) is 26.2 Å². The number of amides is 1. The van der Waals surface area contributed by atoms with Crippen LogP contribution in [0.1, 0.15) is 26.2 Å². The Morgan fingerprint density at radius 2 is 2.40 bits per heavy atom. The van der Waals surface area contributed by atoms with Crippen LogP contribution in [0.15, 0.2) is 12.3 Å². The van der Waals surface area contributed by atoms with Crippen molar-refractivity contribution < 1.29 is 4.79 Å². The highest BCUT2D eigenvalue weighted by molar-refractivity contribution is 7.96. The highest BCUT2D eigenvalue weighted by Crippen LogP contribution is 1.93. The zero-order valence-corrected chi connectivity index (χ0v) is 6.91. The van der Waals surface area contributed by atoms with Gasteiger partial charge in [0.15, 0.2) is 0 Å². The second kappa shape index (κ2) is 6.55. The lowest BCUT2D eigenvalue weighted by atomic mass is 10.2. The Balaban J connectivity index is 3.12. The average Bonchev–Trinajstić information content (AvgIpc) is 1.87. The van der Waals surface area contributed by atoms with Crippen LogP contribution in [0, 0.1) is 0 Å². The lowest BCUT2D eigenvalue weighted by Crippen LogP contribution is -2.06. The quantitative estimate of drug-likeness (QED) is 0.626. The number of rotatable bonds is 4. The molecule has 0 spiro atoms. The van der Waals surface area contributed by atoms with Crippen LogP contribution < -0.4 is 5.32 Å². The second-order valence-electron chi connectivity index (χ2n) is 1.98. The van der Waals surface area contributed by atoms with Crippen LogP contribution in [0.3, 0.4) is 0 Å². The molecule has 0 saturated heterocycles. The van der Waals surface area contributed by atoms with Gasteiger partial charge in [0.05, 0.1) is 0 Å². The molecule has 1 radical (unpaired) electrons. The number of allylic oxidation sites excluding steroid dienone is 1. The van der Waals surface area contributed by atoms with Crippen molar-refractivity contribution in [3.63, 3.8) is 0 Å². The molecule has 0 fully saturated rings. The van der Waals surface area contributed by atoms with Crippen LogP contribution in [-0.2, 0) is 0 Å². The minimum atomic E-state index is -0.423. The fourth-order valence-electron chi connectivity index (χ4n) is 0.532. The summed E-state index contributed by atoms with van der Waals surface area (Å²) in [6.07, 6.45) is 6.85.